The van der Waals surface area contributed by atoms with Gasteiger partial charge in [0.1, 0.15) is 12.4 Å². The molecule has 5 heteroatoms. The Hall–Kier alpha value is -2.69. The van der Waals surface area contributed by atoms with Gasteiger partial charge in [-0.25, -0.2) is 0 Å². The van der Waals surface area contributed by atoms with Gasteiger partial charge in [-0.2, -0.15) is 0 Å². The molecule has 0 saturated carbocycles. The molecule has 0 heterocycles. The van der Waals surface area contributed by atoms with Crippen LogP contribution in [0, 0.1) is 0 Å². The lowest BCUT2D eigenvalue weighted by Crippen LogP contribution is -2.18. The molecule has 0 aromatic heterocycles. The predicted octanol–water partition coefficient (Wildman–Crippen LogP) is 2.64. The number of rotatable bonds is 6. The van der Waals surface area contributed by atoms with Gasteiger partial charge < -0.3 is 19.5 Å². The van der Waals surface area contributed by atoms with Crippen molar-refractivity contribution in [2.45, 2.75) is 6.61 Å². The number of hydrogen-bond acceptors (Lipinski definition) is 4. The molecule has 0 bridgehead atoms. The minimum absolute atomic E-state index is 0.152. The van der Waals surface area contributed by atoms with Crippen LogP contribution < -0.4 is 19.5 Å². The molecule has 2 rings (SSSR count). The second-order valence-electron chi connectivity index (χ2n) is 4.55. The molecule has 0 aliphatic rings. The van der Waals surface area contributed by atoms with E-state index in [4.69, 9.17) is 14.2 Å². The maximum absolute atomic E-state index is 11.7. The lowest BCUT2D eigenvalue weighted by Gasteiger charge is -2.13. The van der Waals surface area contributed by atoms with E-state index in [2.05, 4.69) is 5.32 Å². The van der Waals surface area contributed by atoms with E-state index in [9.17, 15) is 4.79 Å². The smallest absolute Gasteiger partial charge is 0.251 e. The van der Waals surface area contributed by atoms with Crippen molar-refractivity contribution in [1.29, 1.82) is 0 Å². The van der Waals surface area contributed by atoms with Crippen LogP contribution in [0.15, 0.2) is 42.5 Å². The molecule has 0 radical (unpaired) electrons. The summed E-state index contributed by atoms with van der Waals surface area (Å²) in [5, 5.41) is 2.60. The number of carbonyl (C=O) groups excluding carboxylic acids is 1. The van der Waals surface area contributed by atoms with Crippen LogP contribution in [0.2, 0.25) is 0 Å². The summed E-state index contributed by atoms with van der Waals surface area (Å²) in [6, 6.07) is 12.6. The Morgan fingerprint density at radius 2 is 1.68 bits per heavy atom. The number of para-hydroxylation sites is 2. The molecule has 0 aliphatic carbocycles. The highest BCUT2D eigenvalue weighted by Crippen LogP contribution is 2.28. The molecule has 1 amide bonds. The monoisotopic (exact) mass is 301 g/mol. The number of amides is 1. The molecular formula is C17H19NO4. The third-order valence-electron chi connectivity index (χ3n) is 3.22. The molecule has 5 nitrogen and oxygen atoms in total. The number of carbonyl (C=O) groups is 1. The Morgan fingerprint density at radius 3 is 2.32 bits per heavy atom. The summed E-state index contributed by atoms with van der Waals surface area (Å²) < 4.78 is 16.4. The molecule has 0 atom stereocenters. The van der Waals surface area contributed by atoms with Gasteiger partial charge in [-0.3, -0.25) is 4.79 Å². The van der Waals surface area contributed by atoms with Crippen molar-refractivity contribution in [3.63, 3.8) is 0 Å². The Bertz CT molecular complexity index is 655. The quantitative estimate of drug-likeness (QED) is 0.891. The zero-order valence-corrected chi connectivity index (χ0v) is 12.9. The minimum Gasteiger partial charge on any atom is -0.496 e. The number of nitrogens with one attached hydrogen (secondary N) is 1. The number of ether oxygens (including phenoxy) is 3. The van der Waals surface area contributed by atoms with E-state index in [1.54, 1.807) is 39.5 Å². The van der Waals surface area contributed by atoms with Gasteiger partial charge in [0.05, 0.1) is 14.2 Å². The zero-order chi connectivity index (χ0) is 15.9. The fourth-order valence-electron chi connectivity index (χ4n) is 2.07. The second kappa shape index (κ2) is 7.36. The van der Waals surface area contributed by atoms with Gasteiger partial charge >= 0.3 is 0 Å². The summed E-state index contributed by atoms with van der Waals surface area (Å²) in [7, 11) is 4.77. The molecule has 0 saturated heterocycles. The van der Waals surface area contributed by atoms with Crippen molar-refractivity contribution in [1.82, 2.24) is 5.32 Å². The standard InChI is InChI=1S/C17H19NO4/c1-18-17(19)12-8-9-14(20-2)13(10-12)11-22-16-7-5-4-6-15(16)21-3/h4-10H,11H2,1-3H3,(H,18,19). The van der Waals surface area contributed by atoms with Crippen molar-refractivity contribution in [3.05, 3.63) is 53.6 Å². The molecule has 1 N–H and O–H groups in total. The molecular weight excluding hydrogens is 282 g/mol. The van der Waals surface area contributed by atoms with Gasteiger partial charge in [0, 0.05) is 18.2 Å². The van der Waals surface area contributed by atoms with Crippen LogP contribution in [0.3, 0.4) is 0 Å². The molecule has 0 fully saturated rings. The van der Waals surface area contributed by atoms with Crippen molar-refractivity contribution < 1.29 is 19.0 Å². The number of methoxy groups -OCH3 is 2. The summed E-state index contributed by atoms with van der Waals surface area (Å²) in [5.41, 5.74) is 1.34. The Balaban J connectivity index is 2.22. The van der Waals surface area contributed by atoms with Crippen molar-refractivity contribution in [2.24, 2.45) is 0 Å². The molecule has 0 aliphatic heterocycles. The lowest BCUT2D eigenvalue weighted by molar-refractivity contribution is 0.0963. The molecule has 2 aromatic carbocycles. The first-order valence-corrected chi connectivity index (χ1v) is 6.84. The number of hydrogen-bond donors (Lipinski definition) is 1. The van der Waals surface area contributed by atoms with Crippen LogP contribution in [-0.2, 0) is 6.61 Å². The van der Waals surface area contributed by atoms with E-state index >= 15 is 0 Å². The third kappa shape index (κ3) is 3.49. The van der Waals surface area contributed by atoms with E-state index in [1.165, 1.54) is 0 Å². The molecule has 116 valence electrons. The Morgan fingerprint density at radius 1 is 1.00 bits per heavy atom. The second-order valence-corrected chi connectivity index (χ2v) is 4.55. The SMILES string of the molecule is CNC(=O)c1ccc(OC)c(COc2ccccc2OC)c1. The first-order valence-electron chi connectivity index (χ1n) is 6.84. The topological polar surface area (TPSA) is 56.8 Å². The van der Waals surface area contributed by atoms with Crippen LogP contribution in [0.4, 0.5) is 0 Å². The van der Waals surface area contributed by atoms with Crippen LogP contribution in [0.5, 0.6) is 17.2 Å². The van der Waals surface area contributed by atoms with Gasteiger partial charge in [-0.05, 0) is 30.3 Å². The highest BCUT2D eigenvalue weighted by molar-refractivity contribution is 5.94. The average molecular weight is 301 g/mol. The lowest BCUT2D eigenvalue weighted by atomic mass is 10.1. The molecule has 0 unspecified atom stereocenters. The van der Waals surface area contributed by atoms with E-state index in [0.29, 0.717) is 22.8 Å². The van der Waals surface area contributed by atoms with Crippen LogP contribution in [0.1, 0.15) is 15.9 Å². The maximum atomic E-state index is 11.7. The molecule has 2 aromatic rings. The van der Waals surface area contributed by atoms with Crippen molar-refractivity contribution in [3.8, 4) is 17.2 Å². The molecule has 22 heavy (non-hydrogen) atoms. The van der Waals surface area contributed by atoms with Crippen molar-refractivity contribution in [2.75, 3.05) is 21.3 Å². The summed E-state index contributed by atoms with van der Waals surface area (Å²) in [6.45, 7) is 0.272. The summed E-state index contributed by atoms with van der Waals surface area (Å²) in [5.74, 6) is 1.81. The minimum atomic E-state index is -0.152. The van der Waals surface area contributed by atoms with E-state index in [1.807, 2.05) is 24.3 Å². The van der Waals surface area contributed by atoms with Gasteiger partial charge in [0.25, 0.3) is 5.91 Å². The highest BCUT2D eigenvalue weighted by Gasteiger charge is 2.11. The highest BCUT2D eigenvalue weighted by atomic mass is 16.5. The predicted molar refractivity (Wildman–Crippen MR) is 83.7 cm³/mol. The van der Waals surface area contributed by atoms with E-state index in [0.717, 1.165) is 5.56 Å². The fraction of sp³-hybridized carbons (Fsp3) is 0.235. The largest absolute Gasteiger partial charge is 0.496 e. The van der Waals surface area contributed by atoms with Crippen LogP contribution in [0.25, 0.3) is 0 Å². The molecule has 0 spiro atoms. The van der Waals surface area contributed by atoms with Crippen LogP contribution in [-0.4, -0.2) is 27.2 Å². The fourth-order valence-corrected chi connectivity index (χ4v) is 2.07. The Kier molecular flexibility index (Phi) is 5.25. The van der Waals surface area contributed by atoms with Gasteiger partial charge in [0.2, 0.25) is 0 Å². The summed E-state index contributed by atoms with van der Waals surface area (Å²) in [4.78, 5) is 11.7. The first-order chi connectivity index (χ1) is 10.7. The third-order valence-corrected chi connectivity index (χ3v) is 3.22. The summed E-state index contributed by atoms with van der Waals surface area (Å²) >= 11 is 0. The van der Waals surface area contributed by atoms with E-state index in [-0.39, 0.29) is 12.5 Å². The van der Waals surface area contributed by atoms with Gasteiger partial charge in [-0.15, -0.1) is 0 Å². The van der Waals surface area contributed by atoms with Gasteiger partial charge in [-0.1, -0.05) is 12.1 Å². The van der Waals surface area contributed by atoms with Crippen molar-refractivity contribution >= 4 is 5.91 Å². The zero-order valence-electron chi connectivity index (χ0n) is 12.9. The summed E-state index contributed by atoms with van der Waals surface area (Å²) in [6.07, 6.45) is 0. The number of benzene rings is 2. The normalized spacial score (nSPS) is 9.95. The van der Waals surface area contributed by atoms with E-state index < -0.39 is 0 Å². The maximum Gasteiger partial charge on any atom is 0.251 e. The Labute approximate surface area is 129 Å². The van der Waals surface area contributed by atoms with Gasteiger partial charge in [0.15, 0.2) is 11.5 Å². The van der Waals surface area contributed by atoms with Crippen LogP contribution >= 0.6 is 0 Å². The average Bonchev–Trinajstić information content (AvgIpc) is 2.59. The first kappa shape index (κ1) is 15.7.